The second-order valence-electron chi connectivity index (χ2n) is 6.26. The molecule has 0 aliphatic rings. The number of aryl methyl sites for hydroxylation is 2. The van der Waals surface area contributed by atoms with Gasteiger partial charge in [0.1, 0.15) is 5.75 Å². The van der Waals surface area contributed by atoms with Crippen molar-refractivity contribution in [2.75, 3.05) is 19.0 Å². The van der Waals surface area contributed by atoms with E-state index in [0.717, 1.165) is 16.8 Å². The first-order valence-corrected chi connectivity index (χ1v) is 8.94. The van der Waals surface area contributed by atoms with Crippen molar-refractivity contribution in [3.8, 4) is 5.75 Å². The van der Waals surface area contributed by atoms with Crippen LogP contribution in [0.3, 0.4) is 0 Å². The van der Waals surface area contributed by atoms with Gasteiger partial charge in [0.2, 0.25) is 0 Å². The zero-order valence-electron chi connectivity index (χ0n) is 15.7. The third-order valence-corrected chi connectivity index (χ3v) is 4.47. The molecule has 0 bridgehead atoms. The fraction of sp³-hybridized carbons (Fsp3) is 0.190. The Bertz CT molecular complexity index is 1050. The molecule has 144 valence electrons. The van der Waals surface area contributed by atoms with Crippen molar-refractivity contribution in [1.82, 2.24) is 4.98 Å². The van der Waals surface area contributed by atoms with Gasteiger partial charge in [0.25, 0.3) is 5.91 Å². The van der Waals surface area contributed by atoms with Crippen LogP contribution in [-0.4, -0.2) is 30.6 Å². The molecule has 3 rings (SSSR count). The molecule has 0 spiro atoms. The maximum atomic E-state index is 12.4. The minimum Gasteiger partial charge on any atom is -0.483 e. The molecule has 0 fully saturated rings. The van der Waals surface area contributed by atoms with Gasteiger partial charge < -0.3 is 14.8 Å². The van der Waals surface area contributed by atoms with Crippen LogP contribution in [0, 0.1) is 13.8 Å². The molecule has 3 aromatic rings. The summed E-state index contributed by atoms with van der Waals surface area (Å²) < 4.78 is 10.4. The number of hydrogen-bond donors (Lipinski definition) is 1. The number of esters is 1. The molecule has 1 amide bonds. The van der Waals surface area contributed by atoms with Gasteiger partial charge in [0.05, 0.1) is 12.6 Å². The maximum absolute atomic E-state index is 12.4. The molecule has 0 aliphatic heterocycles. The second kappa shape index (κ2) is 8.27. The average Bonchev–Trinajstić information content (AvgIpc) is 2.68. The van der Waals surface area contributed by atoms with Crippen LogP contribution in [-0.2, 0) is 9.53 Å². The van der Waals surface area contributed by atoms with Crippen LogP contribution >= 0.6 is 11.6 Å². The average molecular weight is 399 g/mol. The SMILES string of the molecule is COC(=O)c1cc(OCC(=O)Nc2c(C)cccc2C)c2cc(Cl)ccc2n1. The van der Waals surface area contributed by atoms with Gasteiger partial charge in [0, 0.05) is 22.2 Å². The number of carbonyl (C=O) groups excluding carboxylic acids is 2. The molecule has 6 nitrogen and oxygen atoms in total. The molecule has 1 N–H and O–H groups in total. The van der Waals surface area contributed by atoms with E-state index in [1.165, 1.54) is 13.2 Å². The lowest BCUT2D eigenvalue weighted by atomic mass is 10.1. The summed E-state index contributed by atoms with van der Waals surface area (Å²) in [5.74, 6) is -0.588. The number of hydrogen-bond acceptors (Lipinski definition) is 5. The summed E-state index contributed by atoms with van der Waals surface area (Å²) in [6.45, 7) is 3.61. The lowest BCUT2D eigenvalue weighted by Gasteiger charge is -2.13. The van der Waals surface area contributed by atoms with Crippen LogP contribution < -0.4 is 10.1 Å². The smallest absolute Gasteiger partial charge is 0.356 e. The molecule has 2 aromatic carbocycles. The Morgan fingerprint density at radius 3 is 2.50 bits per heavy atom. The van der Waals surface area contributed by atoms with E-state index in [9.17, 15) is 9.59 Å². The fourth-order valence-corrected chi connectivity index (χ4v) is 3.00. The number of aromatic nitrogens is 1. The van der Waals surface area contributed by atoms with Gasteiger partial charge >= 0.3 is 5.97 Å². The third-order valence-electron chi connectivity index (χ3n) is 4.23. The van der Waals surface area contributed by atoms with E-state index in [1.54, 1.807) is 18.2 Å². The summed E-state index contributed by atoms with van der Waals surface area (Å²) in [5, 5.41) is 3.95. The lowest BCUT2D eigenvalue weighted by molar-refractivity contribution is -0.118. The Kier molecular flexibility index (Phi) is 5.80. The summed E-state index contributed by atoms with van der Waals surface area (Å²) in [4.78, 5) is 28.5. The molecule has 28 heavy (non-hydrogen) atoms. The van der Waals surface area contributed by atoms with Gasteiger partial charge in [-0.2, -0.15) is 0 Å². The number of pyridine rings is 1. The van der Waals surface area contributed by atoms with Crippen LogP contribution in [0.15, 0.2) is 42.5 Å². The number of rotatable bonds is 5. The summed E-state index contributed by atoms with van der Waals surface area (Å²) in [5.41, 5.74) is 3.28. The molecular weight excluding hydrogens is 380 g/mol. The largest absolute Gasteiger partial charge is 0.483 e. The molecule has 0 unspecified atom stereocenters. The number of fused-ring (bicyclic) bond motifs is 1. The minimum atomic E-state index is -0.596. The van der Waals surface area contributed by atoms with Crippen LogP contribution in [0.2, 0.25) is 5.02 Å². The third kappa shape index (κ3) is 4.23. The highest BCUT2D eigenvalue weighted by Gasteiger charge is 2.15. The molecule has 0 radical (unpaired) electrons. The number of methoxy groups -OCH3 is 1. The van der Waals surface area contributed by atoms with Gasteiger partial charge in [-0.1, -0.05) is 29.8 Å². The number of para-hydroxylation sites is 1. The van der Waals surface area contributed by atoms with E-state index >= 15 is 0 Å². The lowest BCUT2D eigenvalue weighted by Crippen LogP contribution is -2.21. The number of anilines is 1. The maximum Gasteiger partial charge on any atom is 0.356 e. The van der Waals surface area contributed by atoms with Crippen molar-refractivity contribution in [1.29, 1.82) is 0 Å². The summed E-state index contributed by atoms with van der Waals surface area (Å²) in [6.07, 6.45) is 0. The van der Waals surface area contributed by atoms with E-state index in [0.29, 0.717) is 21.7 Å². The molecule has 0 aliphatic carbocycles. The monoisotopic (exact) mass is 398 g/mol. The van der Waals surface area contributed by atoms with Crippen molar-refractivity contribution in [2.45, 2.75) is 13.8 Å². The molecular formula is C21H19ClN2O4. The van der Waals surface area contributed by atoms with Gasteiger partial charge in [-0.05, 0) is 43.2 Å². The fourth-order valence-electron chi connectivity index (χ4n) is 2.83. The van der Waals surface area contributed by atoms with Crippen molar-refractivity contribution in [3.05, 3.63) is 64.3 Å². The number of benzene rings is 2. The Balaban J connectivity index is 1.85. The Hall–Kier alpha value is -3.12. The standard InChI is InChI=1S/C21H19ClN2O4/c1-12-5-4-6-13(2)20(12)24-19(25)11-28-18-10-17(21(26)27-3)23-16-8-7-14(22)9-15(16)18/h4-10H,11H2,1-3H3,(H,24,25). The predicted molar refractivity (Wildman–Crippen MR) is 108 cm³/mol. The van der Waals surface area contributed by atoms with Crippen molar-refractivity contribution in [3.63, 3.8) is 0 Å². The normalized spacial score (nSPS) is 10.6. The number of carbonyl (C=O) groups is 2. The molecule has 0 saturated heterocycles. The van der Waals surface area contributed by atoms with Gasteiger partial charge in [0.15, 0.2) is 12.3 Å². The molecule has 1 heterocycles. The highest BCUT2D eigenvalue weighted by molar-refractivity contribution is 6.31. The highest BCUT2D eigenvalue weighted by atomic mass is 35.5. The van der Waals surface area contributed by atoms with E-state index in [2.05, 4.69) is 10.3 Å². The molecule has 0 atom stereocenters. The van der Waals surface area contributed by atoms with Gasteiger partial charge in [-0.3, -0.25) is 4.79 Å². The van der Waals surface area contributed by atoms with Crippen LogP contribution in [0.5, 0.6) is 5.75 Å². The van der Waals surface area contributed by atoms with Crippen molar-refractivity contribution in [2.24, 2.45) is 0 Å². The molecule has 0 saturated carbocycles. The Morgan fingerprint density at radius 2 is 1.82 bits per heavy atom. The predicted octanol–water partition coefficient (Wildman–Crippen LogP) is 4.31. The molecule has 7 heteroatoms. The van der Waals surface area contributed by atoms with Crippen LogP contribution in [0.4, 0.5) is 5.69 Å². The number of nitrogens with zero attached hydrogens (tertiary/aromatic N) is 1. The summed E-state index contributed by atoms with van der Waals surface area (Å²) >= 11 is 6.07. The second-order valence-corrected chi connectivity index (χ2v) is 6.70. The molecule has 1 aromatic heterocycles. The zero-order valence-corrected chi connectivity index (χ0v) is 16.5. The van der Waals surface area contributed by atoms with E-state index < -0.39 is 5.97 Å². The summed E-state index contributed by atoms with van der Waals surface area (Å²) in [6, 6.07) is 12.2. The van der Waals surface area contributed by atoms with Crippen LogP contribution in [0.1, 0.15) is 21.6 Å². The number of halogens is 1. The number of ether oxygens (including phenoxy) is 2. The highest BCUT2D eigenvalue weighted by Crippen LogP contribution is 2.28. The topological polar surface area (TPSA) is 77.5 Å². The van der Waals surface area contributed by atoms with Gasteiger partial charge in [-0.25, -0.2) is 9.78 Å². The van der Waals surface area contributed by atoms with Gasteiger partial charge in [-0.15, -0.1) is 0 Å². The first-order valence-electron chi connectivity index (χ1n) is 8.56. The quantitative estimate of drug-likeness (QED) is 0.648. The number of nitrogens with one attached hydrogen (secondary N) is 1. The van der Waals surface area contributed by atoms with Crippen LogP contribution in [0.25, 0.3) is 10.9 Å². The first kappa shape index (κ1) is 19.6. The van der Waals surface area contributed by atoms with E-state index in [4.69, 9.17) is 21.1 Å². The zero-order chi connectivity index (χ0) is 20.3. The minimum absolute atomic E-state index is 0.0856. The van der Waals surface area contributed by atoms with E-state index in [-0.39, 0.29) is 18.2 Å². The Labute approximate surface area is 167 Å². The van der Waals surface area contributed by atoms with Crippen molar-refractivity contribution < 1.29 is 19.1 Å². The van der Waals surface area contributed by atoms with E-state index in [1.807, 2.05) is 32.0 Å². The summed E-state index contributed by atoms with van der Waals surface area (Å²) in [7, 11) is 1.27. The Morgan fingerprint density at radius 1 is 1.11 bits per heavy atom. The first-order chi connectivity index (χ1) is 13.4. The number of amides is 1. The van der Waals surface area contributed by atoms with Crippen molar-refractivity contribution >= 4 is 40.1 Å².